The summed E-state index contributed by atoms with van der Waals surface area (Å²) in [5, 5.41) is 7.75. The molecule has 0 atom stereocenters. The molecule has 0 aliphatic rings. The van der Waals surface area contributed by atoms with Crippen molar-refractivity contribution < 1.29 is 9.21 Å². The summed E-state index contributed by atoms with van der Waals surface area (Å²) in [7, 11) is 0. The van der Waals surface area contributed by atoms with Crippen molar-refractivity contribution in [3.05, 3.63) is 54.1 Å². The van der Waals surface area contributed by atoms with Crippen molar-refractivity contribution in [2.24, 2.45) is 0 Å². The molecule has 0 aliphatic heterocycles. The summed E-state index contributed by atoms with van der Waals surface area (Å²) < 4.78 is 5.27. The van der Waals surface area contributed by atoms with Crippen molar-refractivity contribution in [3.8, 4) is 12.3 Å². The van der Waals surface area contributed by atoms with E-state index in [1.54, 1.807) is 18.4 Å². The zero-order valence-corrected chi connectivity index (χ0v) is 11.2. The molecule has 0 fully saturated rings. The Labute approximate surface area is 121 Å². The Bertz CT molecular complexity index is 796. The van der Waals surface area contributed by atoms with E-state index in [1.807, 2.05) is 24.3 Å². The molecule has 2 aromatic heterocycles. The van der Waals surface area contributed by atoms with E-state index < -0.39 is 0 Å². The second-order valence-corrected chi connectivity index (χ2v) is 4.56. The van der Waals surface area contributed by atoms with Crippen molar-refractivity contribution in [2.75, 3.05) is 6.54 Å². The van der Waals surface area contributed by atoms with E-state index in [0.29, 0.717) is 18.0 Å². The highest BCUT2D eigenvalue weighted by atomic mass is 16.3. The zero-order valence-electron chi connectivity index (χ0n) is 11.2. The molecule has 0 unspecified atom stereocenters. The van der Waals surface area contributed by atoms with Crippen molar-refractivity contribution in [1.29, 1.82) is 0 Å². The number of furan rings is 1. The Hall–Kier alpha value is -3.00. The second kappa shape index (κ2) is 5.55. The molecule has 5 heteroatoms. The van der Waals surface area contributed by atoms with Gasteiger partial charge in [0.25, 0.3) is 5.91 Å². The lowest BCUT2D eigenvalue weighted by atomic mass is 10.2. The normalized spacial score (nSPS) is 10.4. The standard InChI is InChI=1S/C16H13N3O2/c1-2-9-19(11-12-6-5-10-21-12)16(20)15-13-7-3-4-8-14(13)17-18-15/h1,3-8,10H,9,11H2,(H,17,18). The molecular weight excluding hydrogens is 266 g/mol. The third kappa shape index (κ3) is 2.51. The third-order valence-electron chi connectivity index (χ3n) is 3.17. The number of hydrogen-bond acceptors (Lipinski definition) is 3. The number of terminal acetylenes is 1. The van der Waals surface area contributed by atoms with Crippen LogP contribution in [0.15, 0.2) is 47.1 Å². The molecule has 3 rings (SSSR count). The van der Waals surface area contributed by atoms with Gasteiger partial charge in [-0.1, -0.05) is 24.1 Å². The van der Waals surface area contributed by atoms with Gasteiger partial charge in [0, 0.05) is 5.39 Å². The molecule has 0 saturated heterocycles. The summed E-state index contributed by atoms with van der Waals surface area (Å²) in [6.45, 7) is 0.512. The summed E-state index contributed by atoms with van der Waals surface area (Å²) in [6, 6.07) is 11.1. The van der Waals surface area contributed by atoms with Crippen LogP contribution in [0.5, 0.6) is 0 Å². The quantitative estimate of drug-likeness (QED) is 0.746. The number of H-pyrrole nitrogens is 1. The van der Waals surface area contributed by atoms with Gasteiger partial charge in [0.1, 0.15) is 5.76 Å². The highest BCUT2D eigenvalue weighted by Crippen LogP contribution is 2.18. The minimum Gasteiger partial charge on any atom is -0.467 e. The van der Waals surface area contributed by atoms with Crippen LogP contribution in [0, 0.1) is 12.3 Å². The van der Waals surface area contributed by atoms with Crippen molar-refractivity contribution in [3.63, 3.8) is 0 Å². The molecule has 0 spiro atoms. The number of benzene rings is 1. The van der Waals surface area contributed by atoms with Crippen LogP contribution in [-0.4, -0.2) is 27.5 Å². The van der Waals surface area contributed by atoms with E-state index in [1.165, 1.54) is 4.90 Å². The van der Waals surface area contributed by atoms with Gasteiger partial charge in [-0.3, -0.25) is 9.89 Å². The van der Waals surface area contributed by atoms with Gasteiger partial charge in [0.2, 0.25) is 0 Å². The first kappa shape index (κ1) is 13.0. The molecule has 0 bridgehead atoms. The van der Waals surface area contributed by atoms with Gasteiger partial charge in [0.05, 0.1) is 24.9 Å². The summed E-state index contributed by atoms with van der Waals surface area (Å²) in [5.74, 6) is 2.96. The largest absolute Gasteiger partial charge is 0.467 e. The van der Waals surface area contributed by atoms with Gasteiger partial charge in [0.15, 0.2) is 5.69 Å². The number of nitrogens with one attached hydrogen (secondary N) is 1. The smallest absolute Gasteiger partial charge is 0.276 e. The Morgan fingerprint density at radius 2 is 2.19 bits per heavy atom. The number of para-hydroxylation sites is 1. The number of aromatic amines is 1. The molecule has 2 heterocycles. The Kier molecular flexibility index (Phi) is 3.44. The molecule has 1 N–H and O–H groups in total. The van der Waals surface area contributed by atoms with Crippen LogP contribution in [0.25, 0.3) is 10.9 Å². The zero-order chi connectivity index (χ0) is 14.7. The summed E-state index contributed by atoms with van der Waals surface area (Å²) >= 11 is 0. The number of nitrogens with zero attached hydrogens (tertiary/aromatic N) is 2. The van der Waals surface area contributed by atoms with E-state index in [9.17, 15) is 4.79 Å². The minimum absolute atomic E-state index is 0.195. The number of fused-ring (bicyclic) bond motifs is 1. The van der Waals surface area contributed by atoms with E-state index in [0.717, 1.165) is 10.9 Å². The van der Waals surface area contributed by atoms with Gasteiger partial charge in [-0.05, 0) is 18.2 Å². The number of carbonyl (C=O) groups is 1. The molecule has 0 saturated carbocycles. The first-order valence-electron chi connectivity index (χ1n) is 6.48. The second-order valence-electron chi connectivity index (χ2n) is 4.56. The van der Waals surface area contributed by atoms with E-state index in [2.05, 4.69) is 16.1 Å². The minimum atomic E-state index is -0.221. The molecule has 5 nitrogen and oxygen atoms in total. The maximum atomic E-state index is 12.6. The maximum Gasteiger partial charge on any atom is 0.276 e. The average Bonchev–Trinajstić information content (AvgIpc) is 3.15. The first-order chi connectivity index (χ1) is 10.3. The number of hydrogen-bond donors (Lipinski definition) is 1. The molecule has 0 aliphatic carbocycles. The van der Waals surface area contributed by atoms with Crippen LogP contribution in [0.3, 0.4) is 0 Å². The van der Waals surface area contributed by atoms with Gasteiger partial charge < -0.3 is 9.32 Å². The number of carbonyl (C=O) groups excluding carboxylic acids is 1. The van der Waals surface area contributed by atoms with Crippen molar-refractivity contribution in [2.45, 2.75) is 6.54 Å². The Morgan fingerprint density at radius 3 is 2.95 bits per heavy atom. The van der Waals surface area contributed by atoms with Crippen LogP contribution < -0.4 is 0 Å². The lowest BCUT2D eigenvalue weighted by Gasteiger charge is -2.17. The molecule has 1 amide bonds. The summed E-state index contributed by atoms with van der Waals surface area (Å²) in [5.41, 5.74) is 1.19. The summed E-state index contributed by atoms with van der Waals surface area (Å²) in [6.07, 6.45) is 6.93. The predicted molar refractivity (Wildman–Crippen MR) is 78.4 cm³/mol. The van der Waals surface area contributed by atoms with E-state index in [-0.39, 0.29) is 12.5 Å². The van der Waals surface area contributed by atoms with Crippen LogP contribution >= 0.6 is 0 Å². The number of aromatic nitrogens is 2. The van der Waals surface area contributed by atoms with Gasteiger partial charge in [-0.25, -0.2) is 0 Å². The molecule has 104 valence electrons. The van der Waals surface area contributed by atoms with E-state index >= 15 is 0 Å². The molecule has 1 aromatic carbocycles. The lowest BCUT2D eigenvalue weighted by molar-refractivity contribution is 0.0751. The van der Waals surface area contributed by atoms with Gasteiger partial charge in [-0.2, -0.15) is 5.10 Å². The fourth-order valence-electron chi connectivity index (χ4n) is 2.18. The van der Waals surface area contributed by atoms with Gasteiger partial charge in [-0.15, -0.1) is 6.42 Å². The van der Waals surface area contributed by atoms with Crippen LogP contribution in [-0.2, 0) is 6.54 Å². The highest BCUT2D eigenvalue weighted by molar-refractivity contribution is 6.04. The van der Waals surface area contributed by atoms with Crippen molar-refractivity contribution >= 4 is 16.8 Å². The fourth-order valence-corrected chi connectivity index (χ4v) is 2.18. The maximum absolute atomic E-state index is 12.6. The third-order valence-corrected chi connectivity index (χ3v) is 3.17. The summed E-state index contributed by atoms with van der Waals surface area (Å²) in [4.78, 5) is 14.2. The van der Waals surface area contributed by atoms with Gasteiger partial charge >= 0.3 is 0 Å². The molecule has 21 heavy (non-hydrogen) atoms. The average molecular weight is 279 g/mol. The number of amides is 1. The lowest BCUT2D eigenvalue weighted by Crippen LogP contribution is -2.31. The van der Waals surface area contributed by atoms with Crippen LogP contribution in [0.2, 0.25) is 0 Å². The Morgan fingerprint density at radius 1 is 1.33 bits per heavy atom. The van der Waals surface area contributed by atoms with E-state index in [4.69, 9.17) is 10.8 Å². The fraction of sp³-hybridized carbons (Fsp3) is 0.125. The monoisotopic (exact) mass is 279 g/mol. The van der Waals surface area contributed by atoms with Crippen molar-refractivity contribution in [1.82, 2.24) is 15.1 Å². The predicted octanol–water partition coefficient (Wildman–Crippen LogP) is 2.43. The molecule has 3 aromatic rings. The molecule has 0 radical (unpaired) electrons. The first-order valence-corrected chi connectivity index (χ1v) is 6.48. The Balaban J connectivity index is 1.92. The number of rotatable bonds is 4. The SMILES string of the molecule is C#CCN(Cc1ccco1)C(=O)c1n[nH]c2ccccc12. The highest BCUT2D eigenvalue weighted by Gasteiger charge is 2.21. The van der Waals surface area contributed by atoms with Crippen LogP contribution in [0.4, 0.5) is 0 Å². The topological polar surface area (TPSA) is 62.1 Å². The molecular formula is C16H13N3O2. The van der Waals surface area contributed by atoms with Crippen LogP contribution in [0.1, 0.15) is 16.2 Å².